The summed E-state index contributed by atoms with van der Waals surface area (Å²) in [4.78, 5) is 10.1. The van der Waals surface area contributed by atoms with E-state index in [1.165, 1.54) is 0 Å². The number of aliphatic hydroxyl groups excluding tert-OH is 1. The molecule has 1 rings (SSSR count). The molecule has 1 fully saturated rings. The molecular weight excluding hydrogens is 141 g/mol. The third kappa shape index (κ3) is 1.10. The van der Waals surface area contributed by atoms with E-state index in [2.05, 4.69) is 5.32 Å². The van der Waals surface area contributed by atoms with Crippen molar-refractivity contribution in [1.82, 2.24) is 5.32 Å². The average Bonchev–Trinajstić information content (AvgIpc) is 2.14. The largest absolute Gasteiger partial charge is 0.480 e. The van der Waals surface area contributed by atoms with E-state index in [0.29, 0.717) is 0 Å². The van der Waals surface area contributed by atoms with Crippen LogP contribution < -0.4 is 5.32 Å². The smallest absolute Gasteiger partial charge is 0.323 e. The maximum absolute atomic E-state index is 12.5. The number of β-amino-alcohol motifs (C(OH)–C–C–N with tert-alkyl or cyclic N) is 1. The first kappa shape index (κ1) is 7.43. The van der Waals surface area contributed by atoms with Gasteiger partial charge in [-0.05, 0) is 0 Å². The standard InChI is InChI=1S/C5H8FNO3/c6-3-2(8)1-7-4(3)5(9)10/h2-4,7-8H,1H2,(H,9,10)/t2-,3-,4+/m1/s1. The molecule has 10 heavy (non-hydrogen) atoms. The Morgan fingerprint density at radius 3 is 2.50 bits per heavy atom. The van der Waals surface area contributed by atoms with Crippen molar-refractivity contribution in [3.05, 3.63) is 0 Å². The first-order valence-corrected chi connectivity index (χ1v) is 2.91. The summed E-state index contributed by atoms with van der Waals surface area (Å²) in [6.45, 7) is 0.0120. The summed E-state index contributed by atoms with van der Waals surface area (Å²) in [5.74, 6) is -1.26. The Balaban J connectivity index is 2.57. The van der Waals surface area contributed by atoms with Crippen LogP contribution >= 0.6 is 0 Å². The van der Waals surface area contributed by atoms with Crippen LogP contribution in [0.15, 0.2) is 0 Å². The first-order chi connectivity index (χ1) is 4.63. The van der Waals surface area contributed by atoms with Crippen molar-refractivity contribution in [3.8, 4) is 0 Å². The second kappa shape index (κ2) is 2.51. The molecule has 0 aromatic carbocycles. The molecule has 0 aliphatic carbocycles. The van der Waals surface area contributed by atoms with Gasteiger partial charge in [-0.1, -0.05) is 0 Å². The van der Waals surface area contributed by atoms with Gasteiger partial charge >= 0.3 is 5.97 Å². The summed E-state index contributed by atoms with van der Waals surface area (Å²) in [5, 5.41) is 19.3. The lowest BCUT2D eigenvalue weighted by Gasteiger charge is -2.07. The monoisotopic (exact) mass is 149 g/mol. The average molecular weight is 149 g/mol. The summed E-state index contributed by atoms with van der Waals surface area (Å²) in [6.07, 6.45) is -2.86. The maximum Gasteiger partial charge on any atom is 0.323 e. The minimum absolute atomic E-state index is 0.0120. The molecule has 3 N–H and O–H groups in total. The number of hydrogen-bond donors (Lipinski definition) is 3. The summed E-state index contributed by atoms with van der Waals surface area (Å²) >= 11 is 0. The number of aliphatic carboxylic acids is 1. The van der Waals surface area contributed by atoms with Gasteiger partial charge in [-0.2, -0.15) is 0 Å². The zero-order chi connectivity index (χ0) is 7.72. The van der Waals surface area contributed by atoms with Gasteiger partial charge in [0.05, 0.1) is 6.10 Å². The fourth-order valence-corrected chi connectivity index (χ4v) is 0.919. The Morgan fingerprint density at radius 2 is 2.30 bits per heavy atom. The van der Waals surface area contributed by atoms with Gasteiger partial charge < -0.3 is 10.2 Å². The van der Waals surface area contributed by atoms with Crippen LogP contribution in [-0.2, 0) is 4.79 Å². The first-order valence-electron chi connectivity index (χ1n) is 2.91. The van der Waals surface area contributed by atoms with Crippen molar-refractivity contribution in [2.45, 2.75) is 18.3 Å². The van der Waals surface area contributed by atoms with Crippen molar-refractivity contribution >= 4 is 5.97 Å². The Bertz CT molecular complexity index is 152. The van der Waals surface area contributed by atoms with Crippen LogP contribution in [0.25, 0.3) is 0 Å². The highest BCUT2D eigenvalue weighted by molar-refractivity contribution is 5.74. The zero-order valence-electron chi connectivity index (χ0n) is 5.12. The summed E-state index contributed by atoms with van der Waals surface area (Å²) in [7, 11) is 0. The molecule has 0 radical (unpaired) electrons. The molecule has 1 aliphatic heterocycles. The Labute approximate surface area is 56.7 Å². The lowest BCUT2D eigenvalue weighted by Crippen LogP contribution is -2.37. The SMILES string of the molecule is O=C(O)[C@H]1NC[C@@H](O)[C@H]1F. The second-order valence-electron chi connectivity index (χ2n) is 2.24. The van der Waals surface area contributed by atoms with Crippen LogP contribution in [0.4, 0.5) is 4.39 Å². The number of rotatable bonds is 1. The van der Waals surface area contributed by atoms with Gasteiger partial charge in [0.15, 0.2) is 6.17 Å². The molecule has 0 aromatic rings. The van der Waals surface area contributed by atoms with E-state index in [4.69, 9.17) is 10.2 Å². The topological polar surface area (TPSA) is 69.6 Å². The number of hydrogen-bond acceptors (Lipinski definition) is 3. The molecule has 58 valence electrons. The molecule has 0 saturated carbocycles. The minimum atomic E-state index is -1.68. The van der Waals surface area contributed by atoms with Gasteiger partial charge in [0, 0.05) is 6.54 Å². The molecule has 1 saturated heterocycles. The molecule has 1 heterocycles. The van der Waals surface area contributed by atoms with E-state index in [0.717, 1.165) is 0 Å². The maximum atomic E-state index is 12.5. The molecular formula is C5H8FNO3. The van der Waals surface area contributed by atoms with Gasteiger partial charge in [0.1, 0.15) is 6.04 Å². The normalized spacial score (nSPS) is 40.0. The van der Waals surface area contributed by atoms with Gasteiger partial charge in [-0.25, -0.2) is 4.39 Å². The van der Waals surface area contributed by atoms with E-state index in [9.17, 15) is 9.18 Å². The third-order valence-electron chi connectivity index (χ3n) is 1.50. The number of carboxylic acid groups (broad SMARTS) is 1. The van der Waals surface area contributed by atoms with Crippen molar-refractivity contribution < 1.29 is 19.4 Å². The molecule has 5 heteroatoms. The van der Waals surface area contributed by atoms with E-state index >= 15 is 0 Å². The summed E-state index contributed by atoms with van der Waals surface area (Å²) < 4.78 is 12.5. The fourth-order valence-electron chi connectivity index (χ4n) is 0.919. The molecule has 0 spiro atoms. The van der Waals surface area contributed by atoms with Crippen molar-refractivity contribution in [2.24, 2.45) is 0 Å². The Kier molecular flexibility index (Phi) is 1.87. The fraction of sp³-hybridized carbons (Fsp3) is 0.800. The Hall–Kier alpha value is -0.680. The number of nitrogens with one attached hydrogen (secondary N) is 1. The van der Waals surface area contributed by atoms with E-state index in [-0.39, 0.29) is 6.54 Å². The quantitative estimate of drug-likeness (QED) is 0.435. The van der Waals surface area contributed by atoms with E-state index in [1.54, 1.807) is 0 Å². The van der Waals surface area contributed by atoms with E-state index in [1.807, 2.05) is 0 Å². The van der Waals surface area contributed by atoms with Crippen LogP contribution in [0.1, 0.15) is 0 Å². The van der Waals surface area contributed by atoms with Crippen LogP contribution in [0.5, 0.6) is 0 Å². The molecule has 0 amide bonds. The van der Waals surface area contributed by atoms with Crippen molar-refractivity contribution in [3.63, 3.8) is 0 Å². The summed E-state index contributed by atoms with van der Waals surface area (Å²) in [5.41, 5.74) is 0. The van der Waals surface area contributed by atoms with Gasteiger partial charge in [0.2, 0.25) is 0 Å². The molecule has 0 unspecified atom stereocenters. The predicted octanol–water partition coefficient (Wildman–Crippen LogP) is -1.26. The third-order valence-corrected chi connectivity index (χ3v) is 1.50. The van der Waals surface area contributed by atoms with Gasteiger partial charge in [-0.3, -0.25) is 10.1 Å². The summed E-state index contributed by atoms with van der Waals surface area (Å²) in [6, 6.07) is -1.24. The Morgan fingerprint density at radius 1 is 1.70 bits per heavy atom. The second-order valence-corrected chi connectivity index (χ2v) is 2.24. The molecule has 0 aromatic heterocycles. The molecule has 0 bridgehead atoms. The number of carbonyl (C=O) groups is 1. The van der Waals surface area contributed by atoms with Crippen LogP contribution in [-0.4, -0.2) is 41.0 Å². The number of carboxylic acids is 1. The van der Waals surface area contributed by atoms with Gasteiger partial charge in [0.25, 0.3) is 0 Å². The van der Waals surface area contributed by atoms with Crippen molar-refractivity contribution in [2.75, 3.05) is 6.54 Å². The number of halogens is 1. The van der Waals surface area contributed by atoms with E-state index < -0.39 is 24.3 Å². The van der Waals surface area contributed by atoms with Crippen LogP contribution in [0.2, 0.25) is 0 Å². The van der Waals surface area contributed by atoms with Crippen molar-refractivity contribution in [1.29, 1.82) is 0 Å². The molecule has 3 atom stereocenters. The lowest BCUT2D eigenvalue weighted by atomic mass is 10.2. The minimum Gasteiger partial charge on any atom is -0.480 e. The number of aliphatic hydroxyl groups is 1. The van der Waals surface area contributed by atoms with Crippen LogP contribution in [0.3, 0.4) is 0 Å². The lowest BCUT2D eigenvalue weighted by molar-refractivity contribution is -0.140. The molecule has 4 nitrogen and oxygen atoms in total. The zero-order valence-corrected chi connectivity index (χ0v) is 5.12. The van der Waals surface area contributed by atoms with Crippen LogP contribution in [0, 0.1) is 0 Å². The predicted molar refractivity (Wildman–Crippen MR) is 30.3 cm³/mol. The highest BCUT2D eigenvalue weighted by atomic mass is 19.1. The molecule has 1 aliphatic rings. The highest BCUT2D eigenvalue weighted by Gasteiger charge is 2.39. The van der Waals surface area contributed by atoms with Gasteiger partial charge in [-0.15, -0.1) is 0 Å². The number of alkyl halides is 1. The highest BCUT2D eigenvalue weighted by Crippen LogP contribution is 2.11.